The summed E-state index contributed by atoms with van der Waals surface area (Å²) in [6, 6.07) is 61.2. The Morgan fingerprint density at radius 2 is 1.13 bits per heavy atom. The molecule has 2 spiro atoms. The van der Waals surface area contributed by atoms with E-state index in [1.54, 1.807) is 33.4 Å². The zero-order chi connectivity index (χ0) is 45.5. The van der Waals surface area contributed by atoms with Crippen LogP contribution < -0.4 is 4.74 Å². The summed E-state index contributed by atoms with van der Waals surface area (Å²) in [5, 5.41) is 2.27. The summed E-state index contributed by atoms with van der Waals surface area (Å²) in [6.45, 7) is 6.73. The van der Waals surface area contributed by atoms with E-state index in [0.717, 1.165) is 94.0 Å². The number of hydrogen-bond donors (Lipinski definition) is 0. The Labute approximate surface area is 408 Å². The first-order valence-corrected chi connectivity index (χ1v) is 25.5. The molecular formula is C62H50N4OPt-2. The number of benzene rings is 7. The Bertz CT molecular complexity index is 3730. The van der Waals surface area contributed by atoms with Crippen molar-refractivity contribution < 1.29 is 24.1 Å². The second kappa shape index (κ2) is 14.7. The van der Waals surface area contributed by atoms with Gasteiger partial charge in [-0.25, -0.2) is 0 Å². The number of para-hydroxylation sites is 3. The molecule has 2 unspecified atom stereocenters. The monoisotopic (exact) mass is 1060 g/mol. The van der Waals surface area contributed by atoms with Gasteiger partial charge in [0.15, 0.2) is 0 Å². The number of aromatic nitrogens is 4. The number of rotatable bonds is 5. The minimum absolute atomic E-state index is 0.0205. The summed E-state index contributed by atoms with van der Waals surface area (Å²) in [6.07, 6.45) is 11.0. The first kappa shape index (κ1) is 40.5. The molecule has 7 aromatic carbocycles. The normalized spacial score (nSPS) is 19.1. The van der Waals surface area contributed by atoms with E-state index >= 15 is 0 Å². The number of ether oxygens (including phenoxy) is 1. The third-order valence-corrected chi connectivity index (χ3v) is 17.3. The van der Waals surface area contributed by atoms with Crippen molar-refractivity contribution in [2.75, 3.05) is 0 Å². The van der Waals surface area contributed by atoms with Gasteiger partial charge in [-0.2, -0.15) is 0 Å². The molecule has 0 amide bonds. The van der Waals surface area contributed by atoms with Gasteiger partial charge < -0.3 is 0 Å². The van der Waals surface area contributed by atoms with Crippen molar-refractivity contribution in [2.24, 2.45) is 0 Å². The maximum atomic E-state index is 6.80. The van der Waals surface area contributed by atoms with Gasteiger partial charge in [-0.1, -0.05) is 32.9 Å². The first-order valence-electron chi connectivity index (χ1n) is 24.4. The molecule has 0 N–H and O–H groups in total. The summed E-state index contributed by atoms with van der Waals surface area (Å²) in [4.78, 5) is 4.90. The van der Waals surface area contributed by atoms with Crippen molar-refractivity contribution in [1.82, 2.24) is 18.7 Å². The molecule has 2 atom stereocenters. The molecule has 10 aromatic rings. The van der Waals surface area contributed by atoms with Gasteiger partial charge >= 0.3 is 354 Å². The van der Waals surface area contributed by atoms with Gasteiger partial charge in [0.25, 0.3) is 0 Å². The third kappa shape index (κ3) is 5.72. The van der Waals surface area contributed by atoms with Crippen molar-refractivity contribution in [3.63, 3.8) is 0 Å². The summed E-state index contributed by atoms with van der Waals surface area (Å²) < 4.78 is 15.2. The topological polar surface area (TPSA) is 36.9 Å². The molecule has 0 saturated carbocycles. The molecule has 0 bridgehead atoms. The fourth-order valence-corrected chi connectivity index (χ4v) is 14.4. The van der Waals surface area contributed by atoms with Crippen LogP contribution in [-0.4, -0.2) is 18.7 Å². The van der Waals surface area contributed by atoms with Crippen LogP contribution in [-0.2, 0) is 61.3 Å². The van der Waals surface area contributed by atoms with Gasteiger partial charge in [0.2, 0.25) is 0 Å². The van der Waals surface area contributed by atoms with Crippen LogP contribution in [0.4, 0.5) is 0 Å². The van der Waals surface area contributed by atoms with E-state index < -0.39 is 0 Å². The molecule has 4 aliphatic rings. The Kier molecular flexibility index (Phi) is 8.77. The molecule has 0 aliphatic heterocycles. The molecule has 336 valence electrons. The van der Waals surface area contributed by atoms with E-state index in [4.69, 9.17) is 9.72 Å². The molecule has 3 heterocycles. The first-order chi connectivity index (χ1) is 33.2. The van der Waals surface area contributed by atoms with Crippen LogP contribution in [0, 0.1) is 15.9 Å². The zero-order valence-electron chi connectivity index (χ0n) is 38.6. The number of imidazole rings is 1. The van der Waals surface area contributed by atoms with Crippen molar-refractivity contribution in [2.45, 2.75) is 88.4 Å². The molecule has 6 heteroatoms. The van der Waals surface area contributed by atoms with E-state index in [1.165, 1.54) is 27.9 Å². The summed E-state index contributed by atoms with van der Waals surface area (Å²) in [5.41, 5.74) is 20.3. The molecular weight excluding hydrogens is 1010 g/mol. The van der Waals surface area contributed by atoms with Crippen molar-refractivity contribution in [3.8, 4) is 28.7 Å². The summed E-state index contributed by atoms with van der Waals surface area (Å²) >= 11 is 2.63. The molecule has 5 nitrogen and oxygen atoms in total. The number of aryl methyl sites for hydroxylation is 4. The number of fused-ring (bicyclic) bond motifs is 12. The number of nitrogens with zero attached hydrogens (tertiary/aromatic N) is 4. The SMILES string of the molecule is CC(C)(C)c1ccnc(-n2c3[c-]c(Oc4[c-]c(-n5[c](=[Pt])n(-c6c7c(cc8c6C6(CCc9ccccc96)CC8)CCC76CCc7ccccc76)c6ccccc65)ccc4)ccc3c3ccccc32)c1. The Balaban J connectivity index is 0.944. The predicted molar refractivity (Wildman–Crippen MR) is 269 cm³/mol. The fourth-order valence-electron chi connectivity index (χ4n) is 13.3. The van der Waals surface area contributed by atoms with Crippen LogP contribution in [0.1, 0.15) is 96.5 Å². The van der Waals surface area contributed by atoms with Gasteiger partial charge in [0.05, 0.1) is 0 Å². The van der Waals surface area contributed by atoms with Gasteiger partial charge in [-0.3, -0.25) is 0 Å². The zero-order valence-corrected chi connectivity index (χ0v) is 40.9. The molecule has 0 saturated heterocycles. The van der Waals surface area contributed by atoms with Gasteiger partial charge in [0.1, 0.15) is 0 Å². The average Bonchev–Trinajstić information content (AvgIpc) is 4.22. The van der Waals surface area contributed by atoms with E-state index in [2.05, 4.69) is 199 Å². The van der Waals surface area contributed by atoms with Crippen LogP contribution in [0.3, 0.4) is 0 Å². The second-order valence-electron chi connectivity index (χ2n) is 20.8. The van der Waals surface area contributed by atoms with Gasteiger partial charge in [-0.05, 0) is 17.0 Å². The van der Waals surface area contributed by atoms with Crippen LogP contribution >= 0.6 is 0 Å². The standard InChI is InChI=1S/C62H50N4O.Pt/c1-60(2,3)44-29-34-63-56(36-44)66-52-20-9-6-17-48(52)49-24-23-47(38-55(49)66)67-46-16-12-15-45(37-46)64-39-65(54-22-11-10-21-53(54)64)59-57-42(27-32-61(57)30-25-40-13-4-7-18-50(40)61)35-43-28-33-62(58(43)59)31-26-41-14-5-8-19-51(41)62;/h4-24,29,34-36H,25-28,30-33H2,1-3H3;/q-2;. The van der Waals surface area contributed by atoms with E-state index in [1.807, 2.05) is 18.3 Å². The van der Waals surface area contributed by atoms with Crippen LogP contribution in [0.2, 0.25) is 0 Å². The van der Waals surface area contributed by atoms with Crippen LogP contribution in [0.5, 0.6) is 11.5 Å². The molecule has 0 fully saturated rings. The summed E-state index contributed by atoms with van der Waals surface area (Å²) in [5.74, 6) is 2.14. The molecule has 0 radical (unpaired) electrons. The molecule has 3 aromatic heterocycles. The van der Waals surface area contributed by atoms with E-state index in [0.29, 0.717) is 11.5 Å². The molecule has 4 aliphatic carbocycles. The van der Waals surface area contributed by atoms with Gasteiger partial charge in [0, 0.05) is 6.20 Å². The second-order valence-corrected chi connectivity index (χ2v) is 21.8. The molecule has 68 heavy (non-hydrogen) atoms. The van der Waals surface area contributed by atoms with Crippen LogP contribution in [0.25, 0.3) is 50.0 Å². The van der Waals surface area contributed by atoms with E-state index in [9.17, 15) is 0 Å². The average molecular weight is 1060 g/mol. The Hall–Kier alpha value is -6.55. The Morgan fingerprint density at radius 3 is 1.81 bits per heavy atom. The van der Waals surface area contributed by atoms with Crippen molar-refractivity contribution in [3.05, 3.63) is 218 Å². The third-order valence-electron chi connectivity index (χ3n) is 16.3. The van der Waals surface area contributed by atoms with Crippen molar-refractivity contribution >= 4 is 32.8 Å². The maximum absolute atomic E-state index is 6.80. The molecule has 14 rings (SSSR count). The fraction of sp³-hybridized carbons (Fsp3) is 0.226. The van der Waals surface area contributed by atoms with Crippen LogP contribution in [0.15, 0.2) is 152 Å². The predicted octanol–water partition coefficient (Wildman–Crippen LogP) is 14.0. The van der Waals surface area contributed by atoms with Gasteiger partial charge in [-0.15, -0.1) is 0 Å². The van der Waals surface area contributed by atoms with E-state index in [-0.39, 0.29) is 16.2 Å². The minimum atomic E-state index is -0.0215. The van der Waals surface area contributed by atoms with Crippen molar-refractivity contribution in [1.29, 1.82) is 0 Å². The summed E-state index contributed by atoms with van der Waals surface area (Å²) in [7, 11) is 0. The Morgan fingerprint density at radius 1 is 0.544 bits per heavy atom. The quantitative estimate of drug-likeness (QED) is 0.161. The number of hydrogen-bond acceptors (Lipinski definition) is 2. The number of pyridine rings is 1.